The van der Waals surface area contributed by atoms with Gasteiger partial charge < -0.3 is 5.32 Å². The number of hydrogen-bond donors (Lipinski definition) is 1. The highest BCUT2D eigenvalue weighted by Crippen LogP contribution is 2.29. The molecule has 0 aliphatic heterocycles. The van der Waals surface area contributed by atoms with Crippen molar-refractivity contribution in [2.75, 3.05) is 12.4 Å². The van der Waals surface area contributed by atoms with Crippen LogP contribution in [0.25, 0.3) is 0 Å². The standard InChI is InChI=1S/C11H20ClNO/c1-9-4-5-10(7-9)8-13-11(14)3-2-6-12/h9-10H,2-8H2,1H3,(H,13,14). The van der Waals surface area contributed by atoms with Gasteiger partial charge in [-0.25, -0.2) is 0 Å². The third-order valence-corrected chi connectivity index (χ3v) is 3.20. The normalized spacial score (nSPS) is 26.4. The Morgan fingerprint density at radius 2 is 2.29 bits per heavy atom. The van der Waals surface area contributed by atoms with Crippen LogP contribution in [0.5, 0.6) is 0 Å². The molecule has 0 aromatic carbocycles. The highest BCUT2D eigenvalue weighted by Gasteiger charge is 2.21. The molecule has 0 bridgehead atoms. The Hall–Kier alpha value is -0.240. The Balaban J connectivity index is 2.05. The van der Waals surface area contributed by atoms with Gasteiger partial charge in [-0.3, -0.25) is 4.79 Å². The lowest BCUT2D eigenvalue weighted by Gasteiger charge is -2.10. The van der Waals surface area contributed by atoms with Crippen LogP contribution >= 0.6 is 11.6 Å². The molecule has 2 unspecified atom stereocenters. The minimum Gasteiger partial charge on any atom is -0.356 e. The highest BCUT2D eigenvalue weighted by atomic mass is 35.5. The van der Waals surface area contributed by atoms with Gasteiger partial charge in [0.15, 0.2) is 0 Å². The van der Waals surface area contributed by atoms with Crippen LogP contribution in [-0.2, 0) is 4.79 Å². The number of carbonyl (C=O) groups excluding carboxylic acids is 1. The van der Waals surface area contributed by atoms with Crippen LogP contribution in [0, 0.1) is 11.8 Å². The molecule has 1 rings (SSSR count). The van der Waals surface area contributed by atoms with Crippen LogP contribution in [0.3, 0.4) is 0 Å². The minimum atomic E-state index is 0.158. The zero-order valence-electron chi connectivity index (χ0n) is 8.89. The van der Waals surface area contributed by atoms with Crippen molar-refractivity contribution in [1.29, 1.82) is 0 Å². The van der Waals surface area contributed by atoms with Crippen LogP contribution in [0.4, 0.5) is 0 Å². The summed E-state index contributed by atoms with van der Waals surface area (Å²) in [5, 5.41) is 2.98. The maximum Gasteiger partial charge on any atom is 0.220 e. The van der Waals surface area contributed by atoms with Gasteiger partial charge in [0.05, 0.1) is 0 Å². The minimum absolute atomic E-state index is 0.158. The van der Waals surface area contributed by atoms with Gasteiger partial charge in [-0.2, -0.15) is 0 Å². The molecule has 2 nitrogen and oxygen atoms in total. The zero-order chi connectivity index (χ0) is 10.4. The first-order chi connectivity index (χ1) is 6.72. The SMILES string of the molecule is CC1CCC(CNC(=O)CCCCl)C1. The van der Waals surface area contributed by atoms with E-state index >= 15 is 0 Å². The van der Waals surface area contributed by atoms with E-state index in [-0.39, 0.29) is 5.91 Å². The summed E-state index contributed by atoms with van der Waals surface area (Å²) in [6, 6.07) is 0. The van der Waals surface area contributed by atoms with Crippen LogP contribution in [0.2, 0.25) is 0 Å². The van der Waals surface area contributed by atoms with Crippen molar-refractivity contribution in [2.24, 2.45) is 11.8 Å². The largest absolute Gasteiger partial charge is 0.356 e. The van der Waals surface area contributed by atoms with E-state index in [2.05, 4.69) is 12.2 Å². The van der Waals surface area contributed by atoms with Gasteiger partial charge in [0.1, 0.15) is 0 Å². The zero-order valence-corrected chi connectivity index (χ0v) is 9.65. The molecule has 0 radical (unpaired) electrons. The number of alkyl halides is 1. The molecule has 1 saturated carbocycles. The van der Waals surface area contributed by atoms with Gasteiger partial charge in [-0.1, -0.05) is 13.3 Å². The number of hydrogen-bond acceptors (Lipinski definition) is 1. The molecule has 0 aromatic rings. The molecule has 1 amide bonds. The number of halogens is 1. The van der Waals surface area contributed by atoms with Crippen LogP contribution in [0.15, 0.2) is 0 Å². The maximum absolute atomic E-state index is 11.3. The van der Waals surface area contributed by atoms with Crippen LogP contribution in [0.1, 0.15) is 39.0 Å². The molecule has 14 heavy (non-hydrogen) atoms. The van der Waals surface area contributed by atoms with Crippen LogP contribution < -0.4 is 5.32 Å². The molecule has 0 aromatic heterocycles. The molecule has 1 N–H and O–H groups in total. The molecule has 0 spiro atoms. The van der Waals surface area contributed by atoms with Gasteiger partial charge in [0.2, 0.25) is 5.91 Å². The number of nitrogens with one attached hydrogen (secondary N) is 1. The van der Waals surface area contributed by atoms with Crippen LogP contribution in [-0.4, -0.2) is 18.3 Å². The van der Waals surface area contributed by atoms with E-state index in [0.29, 0.717) is 18.2 Å². The molecule has 2 atom stereocenters. The van der Waals surface area contributed by atoms with E-state index in [1.807, 2.05) is 0 Å². The molecule has 1 aliphatic rings. The lowest BCUT2D eigenvalue weighted by molar-refractivity contribution is -0.121. The molecular weight excluding hydrogens is 198 g/mol. The molecular formula is C11H20ClNO. The summed E-state index contributed by atoms with van der Waals surface area (Å²) in [6.07, 6.45) is 5.23. The fraction of sp³-hybridized carbons (Fsp3) is 0.909. The topological polar surface area (TPSA) is 29.1 Å². The van der Waals surface area contributed by atoms with E-state index in [1.54, 1.807) is 0 Å². The van der Waals surface area contributed by atoms with Crippen molar-refractivity contribution in [3.63, 3.8) is 0 Å². The highest BCUT2D eigenvalue weighted by molar-refractivity contribution is 6.17. The maximum atomic E-state index is 11.3. The summed E-state index contributed by atoms with van der Waals surface area (Å²) < 4.78 is 0. The smallest absolute Gasteiger partial charge is 0.220 e. The fourth-order valence-electron chi connectivity index (χ4n) is 2.08. The van der Waals surface area contributed by atoms with Crippen molar-refractivity contribution < 1.29 is 4.79 Å². The van der Waals surface area contributed by atoms with E-state index in [4.69, 9.17) is 11.6 Å². The van der Waals surface area contributed by atoms with Gasteiger partial charge >= 0.3 is 0 Å². The second kappa shape index (κ2) is 6.28. The van der Waals surface area contributed by atoms with Crippen molar-refractivity contribution in [2.45, 2.75) is 39.0 Å². The number of rotatable bonds is 5. The lowest BCUT2D eigenvalue weighted by Crippen LogP contribution is -2.28. The average molecular weight is 218 g/mol. The Kier molecular flexibility index (Phi) is 5.31. The van der Waals surface area contributed by atoms with E-state index < -0.39 is 0 Å². The Morgan fingerprint density at radius 3 is 2.86 bits per heavy atom. The molecule has 0 saturated heterocycles. The summed E-state index contributed by atoms with van der Waals surface area (Å²) in [5.74, 6) is 2.29. The first kappa shape index (κ1) is 11.8. The fourth-order valence-corrected chi connectivity index (χ4v) is 2.22. The monoisotopic (exact) mass is 217 g/mol. The second-order valence-electron chi connectivity index (χ2n) is 4.38. The van der Waals surface area contributed by atoms with Gasteiger partial charge in [-0.05, 0) is 31.1 Å². The molecule has 82 valence electrons. The predicted molar refractivity (Wildman–Crippen MR) is 59.5 cm³/mol. The Bertz CT molecular complexity index is 184. The number of amides is 1. The summed E-state index contributed by atoms with van der Waals surface area (Å²) in [5.41, 5.74) is 0. The molecule has 1 aliphatic carbocycles. The third kappa shape index (κ3) is 4.32. The summed E-state index contributed by atoms with van der Waals surface area (Å²) in [7, 11) is 0. The summed E-state index contributed by atoms with van der Waals surface area (Å²) >= 11 is 5.51. The Morgan fingerprint density at radius 1 is 1.50 bits per heavy atom. The average Bonchev–Trinajstić information content (AvgIpc) is 2.58. The van der Waals surface area contributed by atoms with Gasteiger partial charge in [0, 0.05) is 18.8 Å². The second-order valence-corrected chi connectivity index (χ2v) is 4.76. The van der Waals surface area contributed by atoms with Crippen molar-refractivity contribution in [1.82, 2.24) is 5.32 Å². The summed E-state index contributed by atoms with van der Waals surface area (Å²) in [4.78, 5) is 11.3. The first-order valence-electron chi connectivity index (χ1n) is 5.55. The van der Waals surface area contributed by atoms with Gasteiger partial charge in [0.25, 0.3) is 0 Å². The summed E-state index contributed by atoms with van der Waals surface area (Å²) in [6.45, 7) is 3.15. The van der Waals surface area contributed by atoms with E-state index in [9.17, 15) is 4.79 Å². The molecule has 0 heterocycles. The van der Waals surface area contributed by atoms with Crippen molar-refractivity contribution in [3.8, 4) is 0 Å². The lowest BCUT2D eigenvalue weighted by atomic mass is 10.1. The molecule has 1 fully saturated rings. The third-order valence-electron chi connectivity index (χ3n) is 2.93. The quantitative estimate of drug-likeness (QED) is 0.705. The molecule has 3 heteroatoms. The first-order valence-corrected chi connectivity index (χ1v) is 6.08. The predicted octanol–water partition coefficient (Wildman–Crippen LogP) is 2.56. The van der Waals surface area contributed by atoms with E-state index in [0.717, 1.165) is 18.9 Å². The Labute approximate surface area is 91.4 Å². The van der Waals surface area contributed by atoms with E-state index in [1.165, 1.54) is 19.3 Å². The number of carbonyl (C=O) groups is 1. The van der Waals surface area contributed by atoms with Crippen molar-refractivity contribution in [3.05, 3.63) is 0 Å². The van der Waals surface area contributed by atoms with Crippen molar-refractivity contribution >= 4 is 17.5 Å². The van der Waals surface area contributed by atoms with Gasteiger partial charge in [-0.15, -0.1) is 11.6 Å².